The lowest BCUT2D eigenvalue weighted by Gasteiger charge is -2.32. The molecule has 1 aliphatic heterocycles. The van der Waals surface area contributed by atoms with E-state index in [0.29, 0.717) is 37.4 Å². The molecule has 170 valence electrons. The maximum atomic E-state index is 12.7. The number of benzene rings is 1. The van der Waals surface area contributed by atoms with Gasteiger partial charge in [-0.1, -0.05) is 0 Å². The summed E-state index contributed by atoms with van der Waals surface area (Å²) in [5, 5.41) is 5.41. The summed E-state index contributed by atoms with van der Waals surface area (Å²) in [6.45, 7) is 6.60. The molecule has 1 aromatic carbocycles. The molecular weight excluding hydrogens is 400 g/mol. The minimum absolute atomic E-state index is 0.0134. The van der Waals surface area contributed by atoms with Crippen molar-refractivity contribution in [3.63, 3.8) is 0 Å². The third kappa shape index (κ3) is 7.27. The van der Waals surface area contributed by atoms with Gasteiger partial charge in [-0.05, 0) is 57.9 Å². The van der Waals surface area contributed by atoms with Crippen LogP contribution in [0.2, 0.25) is 0 Å². The fourth-order valence-electron chi connectivity index (χ4n) is 3.38. The van der Waals surface area contributed by atoms with Gasteiger partial charge in [0.05, 0.1) is 19.1 Å². The van der Waals surface area contributed by atoms with Gasteiger partial charge in [0.1, 0.15) is 0 Å². The largest absolute Gasteiger partial charge is 0.466 e. The Morgan fingerprint density at radius 2 is 1.87 bits per heavy atom. The van der Waals surface area contributed by atoms with Gasteiger partial charge >= 0.3 is 12.0 Å². The Morgan fingerprint density at radius 3 is 2.48 bits per heavy atom. The molecule has 1 aromatic rings. The predicted molar refractivity (Wildman–Crippen MR) is 117 cm³/mol. The smallest absolute Gasteiger partial charge is 0.319 e. The quantitative estimate of drug-likeness (QED) is 0.642. The van der Waals surface area contributed by atoms with Gasteiger partial charge in [0, 0.05) is 37.4 Å². The van der Waals surface area contributed by atoms with Crippen molar-refractivity contribution in [1.82, 2.24) is 15.1 Å². The Labute approximate surface area is 183 Å². The van der Waals surface area contributed by atoms with Gasteiger partial charge in [-0.2, -0.15) is 0 Å². The number of nitrogens with zero attached hydrogens (tertiary/aromatic N) is 2. The Balaban J connectivity index is 1.90. The number of esters is 1. The normalized spacial score (nSPS) is 15.9. The standard InChI is InChI=1S/C22H32N4O5/c1-5-31-21(29)17-7-6-12-26(13-17)19(27)14-25(4)20(28)16-8-10-18(11-9-16)24-22(30)23-15(2)3/h8-11,15,17H,5-7,12-14H2,1-4H3,(H2,23,24,30). The minimum atomic E-state index is -0.320. The SMILES string of the molecule is CCOC(=O)C1CCCN(C(=O)CN(C)C(=O)c2ccc(NC(=O)NC(C)C)cc2)C1. The molecule has 0 aromatic heterocycles. The van der Waals surface area contributed by atoms with Crippen molar-refractivity contribution >= 4 is 29.5 Å². The first-order valence-electron chi connectivity index (χ1n) is 10.6. The summed E-state index contributed by atoms with van der Waals surface area (Å²) in [5.41, 5.74) is 0.972. The number of carbonyl (C=O) groups excluding carboxylic acids is 4. The van der Waals surface area contributed by atoms with Crippen LogP contribution in [-0.4, -0.2) is 72.9 Å². The minimum Gasteiger partial charge on any atom is -0.466 e. The number of amides is 4. The van der Waals surface area contributed by atoms with Crippen LogP contribution < -0.4 is 10.6 Å². The number of hydrogen-bond donors (Lipinski definition) is 2. The van der Waals surface area contributed by atoms with Gasteiger partial charge in [-0.25, -0.2) is 4.79 Å². The summed E-state index contributed by atoms with van der Waals surface area (Å²) < 4.78 is 5.07. The van der Waals surface area contributed by atoms with Crippen molar-refractivity contribution in [3.8, 4) is 0 Å². The van der Waals surface area contributed by atoms with Gasteiger partial charge < -0.3 is 25.2 Å². The number of nitrogens with one attached hydrogen (secondary N) is 2. The third-order valence-corrected chi connectivity index (χ3v) is 4.92. The molecule has 0 aliphatic carbocycles. The molecule has 1 atom stereocenters. The maximum Gasteiger partial charge on any atom is 0.319 e. The Hall–Kier alpha value is -3.10. The van der Waals surface area contributed by atoms with Crippen LogP contribution in [0.25, 0.3) is 0 Å². The van der Waals surface area contributed by atoms with Crippen molar-refractivity contribution in [1.29, 1.82) is 0 Å². The lowest BCUT2D eigenvalue weighted by atomic mass is 9.98. The molecule has 0 saturated carbocycles. The molecule has 9 nitrogen and oxygen atoms in total. The molecule has 0 radical (unpaired) electrons. The van der Waals surface area contributed by atoms with Crippen molar-refractivity contribution in [2.75, 3.05) is 38.6 Å². The van der Waals surface area contributed by atoms with E-state index >= 15 is 0 Å². The second kappa shape index (κ2) is 11.3. The first-order chi connectivity index (χ1) is 14.7. The Kier molecular flexibility index (Phi) is 8.84. The van der Waals surface area contributed by atoms with Crippen LogP contribution in [0.1, 0.15) is 44.0 Å². The zero-order valence-electron chi connectivity index (χ0n) is 18.6. The van der Waals surface area contributed by atoms with E-state index < -0.39 is 0 Å². The van der Waals surface area contributed by atoms with E-state index in [1.807, 2.05) is 13.8 Å². The van der Waals surface area contributed by atoms with Crippen LogP contribution in [0.5, 0.6) is 0 Å². The van der Waals surface area contributed by atoms with E-state index in [1.165, 1.54) is 4.90 Å². The third-order valence-electron chi connectivity index (χ3n) is 4.92. The summed E-state index contributed by atoms with van der Waals surface area (Å²) in [5.74, 6) is -1.09. The average Bonchev–Trinajstić information content (AvgIpc) is 2.73. The van der Waals surface area contributed by atoms with Crippen LogP contribution in [0, 0.1) is 5.92 Å². The molecule has 9 heteroatoms. The van der Waals surface area contributed by atoms with E-state index in [0.717, 1.165) is 6.42 Å². The van der Waals surface area contributed by atoms with Gasteiger partial charge in [-0.3, -0.25) is 14.4 Å². The van der Waals surface area contributed by atoms with E-state index in [2.05, 4.69) is 10.6 Å². The number of hydrogen-bond acceptors (Lipinski definition) is 5. The highest BCUT2D eigenvalue weighted by molar-refractivity contribution is 5.97. The number of likely N-dealkylation sites (tertiary alicyclic amines) is 1. The first-order valence-corrected chi connectivity index (χ1v) is 10.6. The second-order valence-corrected chi connectivity index (χ2v) is 7.92. The van der Waals surface area contributed by atoms with E-state index in [1.54, 1.807) is 43.1 Å². The molecule has 0 bridgehead atoms. The zero-order valence-corrected chi connectivity index (χ0v) is 18.6. The van der Waals surface area contributed by atoms with Gasteiger partial charge in [-0.15, -0.1) is 0 Å². The van der Waals surface area contributed by atoms with Crippen LogP contribution in [0.3, 0.4) is 0 Å². The first kappa shape index (κ1) is 24.2. The molecule has 1 heterocycles. The van der Waals surface area contributed by atoms with Gasteiger partial charge in [0.15, 0.2) is 0 Å². The summed E-state index contributed by atoms with van der Waals surface area (Å²) >= 11 is 0. The number of piperidine rings is 1. The number of likely N-dealkylation sites (N-methyl/N-ethyl adjacent to an activating group) is 1. The van der Waals surface area contributed by atoms with Crippen LogP contribution in [0.15, 0.2) is 24.3 Å². The maximum absolute atomic E-state index is 12.7. The molecule has 2 rings (SSSR count). The predicted octanol–water partition coefficient (Wildman–Crippen LogP) is 2.09. The number of urea groups is 1. The lowest BCUT2D eigenvalue weighted by Crippen LogP contribution is -2.47. The molecule has 1 saturated heterocycles. The number of rotatable bonds is 7. The zero-order chi connectivity index (χ0) is 23.0. The molecule has 1 unspecified atom stereocenters. The molecule has 0 spiro atoms. The Morgan fingerprint density at radius 1 is 1.19 bits per heavy atom. The van der Waals surface area contributed by atoms with E-state index in [9.17, 15) is 19.2 Å². The van der Waals surface area contributed by atoms with Crippen molar-refractivity contribution in [2.24, 2.45) is 5.92 Å². The summed E-state index contributed by atoms with van der Waals surface area (Å²) in [7, 11) is 1.56. The van der Waals surface area contributed by atoms with Crippen LogP contribution >= 0.6 is 0 Å². The lowest BCUT2D eigenvalue weighted by molar-refractivity contribution is -0.151. The highest BCUT2D eigenvalue weighted by atomic mass is 16.5. The van der Waals surface area contributed by atoms with Gasteiger partial charge in [0.2, 0.25) is 5.91 Å². The number of ether oxygens (including phenoxy) is 1. The van der Waals surface area contributed by atoms with Crippen molar-refractivity contribution in [2.45, 2.75) is 39.7 Å². The second-order valence-electron chi connectivity index (χ2n) is 7.92. The van der Waals surface area contributed by atoms with Crippen LogP contribution in [-0.2, 0) is 14.3 Å². The molecular formula is C22H32N4O5. The fourth-order valence-corrected chi connectivity index (χ4v) is 3.38. The van der Waals surface area contributed by atoms with Gasteiger partial charge in [0.25, 0.3) is 5.91 Å². The summed E-state index contributed by atoms with van der Waals surface area (Å²) in [6.07, 6.45) is 1.43. The summed E-state index contributed by atoms with van der Waals surface area (Å²) in [4.78, 5) is 52.0. The molecule has 4 amide bonds. The monoisotopic (exact) mass is 432 g/mol. The number of anilines is 1. The van der Waals surface area contributed by atoms with E-state index in [-0.39, 0.29) is 42.3 Å². The highest BCUT2D eigenvalue weighted by Crippen LogP contribution is 2.18. The molecule has 2 N–H and O–H groups in total. The van der Waals surface area contributed by atoms with Crippen molar-refractivity contribution < 1.29 is 23.9 Å². The molecule has 1 aliphatic rings. The number of carbonyl (C=O) groups is 4. The topological polar surface area (TPSA) is 108 Å². The molecule has 1 fully saturated rings. The highest BCUT2D eigenvalue weighted by Gasteiger charge is 2.30. The molecule has 31 heavy (non-hydrogen) atoms. The average molecular weight is 433 g/mol. The fraction of sp³-hybridized carbons (Fsp3) is 0.545. The Bertz CT molecular complexity index is 794. The van der Waals surface area contributed by atoms with Crippen LogP contribution in [0.4, 0.5) is 10.5 Å². The van der Waals surface area contributed by atoms with E-state index in [4.69, 9.17) is 4.74 Å². The van der Waals surface area contributed by atoms with Crippen molar-refractivity contribution in [3.05, 3.63) is 29.8 Å². The summed E-state index contributed by atoms with van der Waals surface area (Å²) in [6, 6.07) is 6.17.